The topological polar surface area (TPSA) is 104 Å². The fourth-order valence-corrected chi connectivity index (χ4v) is 4.05. The van der Waals surface area contributed by atoms with Gasteiger partial charge in [0.25, 0.3) is 5.56 Å². The van der Waals surface area contributed by atoms with Crippen molar-refractivity contribution in [2.75, 3.05) is 13.1 Å². The van der Waals surface area contributed by atoms with E-state index in [1.165, 1.54) is 32.1 Å². The molecule has 30 heavy (non-hydrogen) atoms. The fraction of sp³-hybridized carbons (Fsp3) is 0.684. The molecule has 1 saturated carbocycles. The number of nitrogens with one attached hydrogen (secondary N) is 1. The number of carbonyl (C=O) groups is 1. The Hall–Kier alpha value is -2.43. The number of hydrogen-bond donors (Lipinski definition) is 2. The fourth-order valence-electron chi connectivity index (χ4n) is 4.05. The average molecular weight is 429 g/mol. The van der Waals surface area contributed by atoms with E-state index in [4.69, 9.17) is 14.9 Å². The summed E-state index contributed by atoms with van der Waals surface area (Å²) < 4.78 is 33.7. The zero-order valence-corrected chi connectivity index (χ0v) is 16.8. The van der Waals surface area contributed by atoms with Crippen molar-refractivity contribution < 1.29 is 23.1 Å². The molecule has 0 amide bonds. The molecule has 3 heterocycles. The molecular weight excluding hydrogens is 403 g/mol. The van der Waals surface area contributed by atoms with Crippen LogP contribution in [0.3, 0.4) is 0 Å². The van der Waals surface area contributed by atoms with Crippen LogP contribution in [0.25, 0.3) is 11.0 Å². The van der Waals surface area contributed by atoms with Crippen molar-refractivity contribution in [3.05, 3.63) is 22.4 Å². The summed E-state index contributed by atoms with van der Waals surface area (Å²) >= 11 is 0. The van der Waals surface area contributed by atoms with Crippen molar-refractivity contribution in [2.24, 2.45) is 0 Å². The van der Waals surface area contributed by atoms with E-state index in [0.29, 0.717) is 11.4 Å². The van der Waals surface area contributed by atoms with Gasteiger partial charge in [-0.25, -0.2) is 14.5 Å². The van der Waals surface area contributed by atoms with Crippen LogP contribution < -0.4 is 5.56 Å². The van der Waals surface area contributed by atoms with E-state index in [1.807, 2.05) is 4.68 Å². The van der Waals surface area contributed by atoms with E-state index in [2.05, 4.69) is 21.9 Å². The molecule has 1 aliphatic heterocycles. The molecule has 1 saturated heterocycles. The monoisotopic (exact) mass is 429 g/mol. The Labute approximate surface area is 171 Å². The molecule has 2 aromatic rings. The second-order valence-electron chi connectivity index (χ2n) is 7.79. The highest BCUT2D eigenvalue weighted by Crippen LogP contribution is 2.31. The number of aliphatic carboxylic acids is 1. The number of likely N-dealkylation sites (tertiary alicyclic amines) is 1. The van der Waals surface area contributed by atoms with Crippen LogP contribution in [0.2, 0.25) is 0 Å². The SMILES string of the molecule is CC(c1nc2c(cnn2C2CCCC2)c(=O)[nH]1)N1CCCCC1.O=C(O)C(F)(F)F. The summed E-state index contributed by atoms with van der Waals surface area (Å²) in [6, 6.07) is 0.555. The van der Waals surface area contributed by atoms with Crippen LogP contribution in [0, 0.1) is 0 Å². The summed E-state index contributed by atoms with van der Waals surface area (Å²) in [4.78, 5) is 31.6. The summed E-state index contributed by atoms with van der Waals surface area (Å²) in [6.45, 7) is 4.32. The molecule has 1 atom stereocenters. The molecule has 2 aromatic heterocycles. The molecule has 11 heteroatoms. The first-order valence-electron chi connectivity index (χ1n) is 10.2. The summed E-state index contributed by atoms with van der Waals surface area (Å²) in [7, 11) is 0. The van der Waals surface area contributed by atoms with Gasteiger partial charge in [0.1, 0.15) is 11.2 Å². The number of alkyl halides is 3. The highest BCUT2D eigenvalue weighted by molar-refractivity contribution is 5.73. The van der Waals surface area contributed by atoms with Gasteiger partial charge in [-0.1, -0.05) is 19.3 Å². The Morgan fingerprint density at radius 2 is 1.80 bits per heavy atom. The third-order valence-electron chi connectivity index (χ3n) is 5.73. The third-order valence-corrected chi connectivity index (χ3v) is 5.73. The first kappa shape index (κ1) is 22.3. The third kappa shape index (κ3) is 5.00. The molecule has 1 aliphatic carbocycles. The second kappa shape index (κ2) is 9.15. The number of H-pyrrole nitrogens is 1. The largest absolute Gasteiger partial charge is 0.490 e. The standard InChI is InChI=1S/C17H25N5O.C2HF3O2/c1-12(21-9-5-2-6-10-21)15-19-16-14(17(23)20-15)11-18-22(16)13-7-3-4-8-13;3-2(4,5)1(6)7/h11-13H,2-10H2,1H3,(H,19,20,23);(H,6,7). The second-order valence-corrected chi connectivity index (χ2v) is 7.79. The summed E-state index contributed by atoms with van der Waals surface area (Å²) in [5.74, 6) is -1.98. The van der Waals surface area contributed by atoms with Gasteiger partial charge in [0.2, 0.25) is 0 Å². The van der Waals surface area contributed by atoms with Gasteiger partial charge in [-0.2, -0.15) is 18.3 Å². The van der Waals surface area contributed by atoms with Crippen LogP contribution in [0.5, 0.6) is 0 Å². The summed E-state index contributed by atoms with van der Waals surface area (Å²) in [6.07, 6.45) is 5.13. The number of nitrogens with zero attached hydrogens (tertiary/aromatic N) is 4. The predicted molar refractivity (Wildman–Crippen MR) is 103 cm³/mol. The normalized spacial score (nSPS) is 19.5. The van der Waals surface area contributed by atoms with Crippen molar-refractivity contribution in [1.29, 1.82) is 0 Å². The molecule has 0 bridgehead atoms. The summed E-state index contributed by atoms with van der Waals surface area (Å²) in [5.41, 5.74) is 0.706. The maximum absolute atomic E-state index is 12.4. The zero-order valence-electron chi connectivity index (χ0n) is 16.8. The first-order valence-corrected chi connectivity index (χ1v) is 10.2. The van der Waals surface area contributed by atoms with E-state index in [-0.39, 0.29) is 11.6 Å². The number of carboxylic acids is 1. The Balaban J connectivity index is 0.000000318. The molecule has 8 nitrogen and oxygen atoms in total. The van der Waals surface area contributed by atoms with Gasteiger partial charge in [0.05, 0.1) is 18.3 Å². The molecule has 0 spiro atoms. The molecular formula is C19H26F3N5O3. The quantitative estimate of drug-likeness (QED) is 0.775. The minimum absolute atomic E-state index is 0.0573. The Morgan fingerprint density at radius 1 is 1.20 bits per heavy atom. The molecule has 2 aliphatic rings. The van der Waals surface area contributed by atoms with E-state index in [1.54, 1.807) is 6.20 Å². The van der Waals surface area contributed by atoms with Crippen molar-refractivity contribution in [3.8, 4) is 0 Å². The maximum atomic E-state index is 12.4. The summed E-state index contributed by atoms with van der Waals surface area (Å²) in [5, 5.41) is 12.2. The van der Waals surface area contributed by atoms with Crippen molar-refractivity contribution in [2.45, 2.75) is 70.1 Å². The smallest absolute Gasteiger partial charge is 0.475 e. The Kier molecular flexibility index (Phi) is 6.79. The lowest BCUT2D eigenvalue weighted by Crippen LogP contribution is -2.34. The molecule has 0 aromatic carbocycles. The molecule has 166 valence electrons. The van der Waals surface area contributed by atoms with Gasteiger partial charge in [-0.3, -0.25) is 9.69 Å². The van der Waals surface area contributed by atoms with E-state index < -0.39 is 12.1 Å². The number of rotatable bonds is 3. The number of aromatic nitrogens is 4. The molecule has 2 fully saturated rings. The van der Waals surface area contributed by atoms with E-state index >= 15 is 0 Å². The van der Waals surface area contributed by atoms with Crippen molar-refractivity contribution in [1.82, 2.24) is 24.6 Å². The molecule has 1 unspecified atom stereocenters. The van der Waals surface area contributed by atoms with Gasteiger partial charge in [0.15, 0.2) is 5.65 Å². The zero-order chi connectivity index (χ0) is 21.9. The van der Waals surface area contributed by atoms with Gasteiger partial charge in [-0.05, 0) is 45.7 Å². The van der Waals surface area contributed by atoms with E-state index in [0.717, 1.165) is 37.4 Å². The van der Waals surface area contributed by atoms with Crippen LogP contribution in [0.1, 0.15) is 69.8 Å². The minimum Gasteiger partial charge on any atom is -0.475 e. The number of carboxylic acid groups (broad SMARTS) is 1. The van der Waals surface area contributed by atoms with Gasteiger partial charge >= 0.3 is 12.1 Å². The lowest BCUT2D eigenvalue weighted by molar-refractivity contribution is -0.192. The number of hydrogen-bond acceptors (Lipinski definition) is 5. The van der Waals surface area contributed by atoms with Crippen LogP contribution in [-0.4, -0.2) is 55.0 Å². The predicted octanol–water partition coefficient (Wildman–Crippen LogP) is 3.41. The average Bonchev–Trinajstić information content (AvgIpc) is 3.37. The maximum Gasteiger partial charge on any atom is 0.490 e. The van der Waals surface area contributed by atoms with Crippen LogP contribution in [-0.2, 0) is 4.79 Å². The highest BCUT2D eigenvalue weighted by Gasteiger charge is 2.38. The van der Waals surface area contributed by atoms with Crippen LogP contribution in [0.15, 0.2) is 11.0 Å². The van der Waals surface area contributed by atoms with Crippen LogP contribution in [0.4, 0.5) is 13.2 Å². The van der Waals surface area contributed by atoms with Gasteiger partial charge in [-0.15, -0.1) is 0 Å². The van der Waals surface area contributed by atoms with Crippen LogP contribution >= 0.6 is 0 Å². The molecule has 2 N–H and O–H groups in total. The molecule has 4 rings (SSSR count). The number of aromatic amines is 1. The Morgan fingerprint density at radius 3 is 2.37 bits per heavy atom. The van der Waals surface area contributed by atoms with Crippen molar-refractivity contribution in [3.63, 3.8) is 0 Å². The number of fused-ring (bicyclic) bond motifs is 1. The molecule has 0 radical (unpaired) electrons. The highest BCUT2D eigenvalue weighted by atomic mass is 19.4. The number of piperidine rings is 1. The lowest BCUT2D eigenvalue weighted by Gasteiger charge is -2.31. The van der Waals surface area contributed by atoms with Gasteiger partial charge < -0.3 is 10.1 Å². The van der Waals surface area contributed by atoms with E-state index in [9.17, 15) is 18.0 Å². The van der Waals surface area contributed by atoms with Gasteiger partial charge in [0, 0.05) is 0 Å². The first-order chi connectivity index (χ1) is 14.2. The minimum atomic E-state index is -5.08. The van der Waals surface area contributed by atoms with Crippen molar-refractivity contribution >= 4 is 17.0 Å². The lowest BCUT2D eigenvalue weighted by atomic mass is 10.1. The Bertz CT molecular complexity index is 928. The number of halogens is 3.